The molecule has 0 saturated heterocycles. The fourth-order valence-corrected chi connectivity index (χ4v) is 1.79. The van der Waals surface area contributed by atoms with Crippen molar-refractivity contribution < 1.29 is 14.3 Å². The molecule has 120 valence electrons. The molecule has 0 bridgehead atoms. The molecule has 1 N–H and O–H groups in total. The molecule has 22 heavy (non-hydrogen) atoms. The number of rotatable bonds is 5. The molecule has 1 aromatic rings. The van der Waals surface area contributed by atoms with Crippen molar-refractivity contribution in [3.63, 3.8) is 0 Å². The first kappa shape index (κ1) is 17.7. The van der Waals surface area contributed by atoms with Gasteiger partial charge in [0, 0.05) is 18.8 Å². The van der Waals surface area contributed by atoms with E-state index in [-0.39, 0.29) is 5.91 Å². The van der Waals surface area contributed by atoms with Gasteiger partial charge in [0.05, 0.1) is 0 Å². The Morgan fingerprint density at radius 3 is 2.64 bits per heavy atom. The number of imidazole rings is 1. The number of hydrogen-bond donors (Lipinski definition) is 1. The van der Waals surface area contributed by atoms with E-state index in [1.165, 1.54) is 23.3 Å². The average molecular weight is 305 g/mol. The largest absolute Gasteiger partial charge is 0.444 e. The van der Waals surface area contributed by atoms with Crippen LogP contribution in [0.25, 0.3) is 0 Å². The van der Waals surface area contributed by atoms with E-state index in [0.717, 1.165) is 5.57 Å². The molecule has 1 heterocycles. The van der Waals surface area contributed by atoms with E-state index >= 15 is 0 Å². The highest BCUT2D eigenvalue weighted by molar-refractivity contribution is 5.87. The van der Waals surface area contributed by atoms with Crippen molar-refractivity contribution >= 4 is 12.0 Å². The van der Waals surface area contributed by atoms with Crippen molar-refractivity contribution in [3.8, 4) is 0 Å². The highest BCUT2D eigenvalue weighted by Crippen LogP contribution is 2.11. The summed E-state index contributed by atoms with van der Waals surface area (Å²) < 4.78 is 6.53. The molecule has 0 aliphatic rings. The summed E-state index contributed by atoms with van der Waals surface area (Å²) in [6, 6.07) is -0.771. The monoisotopic (exact) mass is 305 g/mol. The van der Waals surface area contributed by atoms with Crippen LogP contribution in [-0.4, -0.2) is 33.2 Å². The Bertz CT molecular complexity index is 554. The van der Waals surface area contributed by atoms with Crippen LogP contribution in [0.5, 0.6) is 0 Å². The summed E-state index contributed by atoms with van der Waals surface area (Å²) in [4.78, 5) is 28.2. The summed E-state index contributed by atoms with van der Waals surface area (Å²) in [5, 5.41) is 2.60. The third-order valence-corrected chi connectivity index (χ3v) is 2.62. The number of carbonyl (C=O) groups is 2. The summed E-state index contributed by atoms with van der Waals surface area (Å²) in [6.07, 6.45) is 7.71. The van der Waals surface area contributed by atoms with E-state index in [0.29, 0.717) is 6.42 Å². The molecule has 0 spiro atoms. The minimum atomic E-state index is -0.771. The second kappa shape index (κ2) is 7.59. The van der Waals surface area contributed by atoms with Gasteiger partial charge in [0.25, 0.3) is 5.91 Å². The lowest BCUT2D eigenvalue weighted by Crippen LogP contribution is -2.45. The number of aromatic nitrogens is 2. The van der Waals surface area contributed by atoms with Crippen LogP contribution in [0.4, 0.5) is 4.79 Å². The predicted octanol–water partition coefficient (Wildman–Crippen LogP) is 2.94. The van der Waals surface area contributed by atoms with Gasteiger partial charge in [0.15, 0.2) is 0 Å². The molecule has 1 amide bonds. The molecule has 0 aliphatic heterocycles. The molecule has 1 rings (SSSR count). The number of allylic oxidation sites excluding steroid dienone is 2. The van der Waals surface area contributed by atoms with Crippen LogP contribution in [-0.2, 0) is 4.74 Å². The fourth-order valence-electron chi connectivity index (χ4n) is 1.79. The van der Waals surface area contributed by atoms with E-state index in [9.17, 15) is 9.59 Å². The van der Waals surface area contributed by atoms with Gasteiger partial charge in [0.2, 0.25) is 0 Å². The summed E-state index contributed by atoms with van der Waals surface area (Å²) in [7, 11) is 0. The van der Waals surface area contributed by atoms with E-state index in [4.69, 9.17) is 4.74 Å². The van der Waals surface area contributed by atoms with Crippen LogP contribution >= 0.6 is 0 Å². The van der Waals surface area contributed by atoms with Gasteiger partial charge in [-0.2, -0.15) is 0 Å². The lowest BCUT2D eigenvalue weighted by Gasteiger charge is -2.23. The average Bonchev–Trinajstić information content (AvgIpc) is 2.88. The molecule has 0 aliphatic carbocycles. The second-order valence-corrected chi connectivity index (χ2v) is 5.87. The molecular weight excluding hydrogens is 282 g/mol. The molecule has 1 unspecified atom stereocenters. The Hall–Kier alpha value is -2.37. The topological polar surface area (TPSA) is 73.2 Å². The maximum atomic E-state index is 12.4. The Labute approximate surface area is 130 Å². The molecule has 1 atom stereocenters. The third-order valence-electron chi connectivity index (χ3n) is 2.62. The van der Waals surface area contributed by atoms with Crippen LogP contribution in [0, 0.1) is 0 Å². The van der Waals surface area contributed by atoms with E-state index in [1.807, 2.05) is 13.0 Å². The first-order chi connectivity index (χ1) is 10.2. The zero-order valence-corrected chi connectivity index (χ0v) is 13.5. The normalized spacial score (nSPS) is 12.9. The molecule has 6 nitrogen and oxygen atoms in total. The SMILES string of the molecule is C=C(C=CC)CC(NC(=O)OC(C)(C)C)C(=O)n1ccnc1. The number of hydrogen-bond acceptors (Lipinski definition) is 4. The van der Waals surface area contributed by atoms with Gasteiger partial charge in [0.1, 0.15) is 18.0 Å². The molecule has 0 saturated carbocycles. The summed E-state index contributed by atoms with van der Waals surface area (Å²) in [5.74, 6) is -0.297. The fraction of sp³-hybridized carbons (Fsp3) is 0.438. The van der Waals surface area contributed by atoms with Crippen molar-refractivity contribution in [2.45, 2.75) is 45.8 Å². The zero-order chi connectivity index (χ0) is 16.8. The second-order valence-electron chi connectivity index (χ2n) is 5.87. The Kier molecular flexibility index (Phi) is 6.10. The Morgan fingerprint density at radius 2 is 2.14 bits per heavy atom. The van der Waals surface area contributed by atoms with Crippen LogP contribution in [0.15, 0.2) is 43.0 Å². The molecular formula is C16H23N3O3. The van der Waals surface area contributed by atoms with Gasteiger partial charge in [-0.1, -0.05) is 24.3 Å². The molecule has 0 radical (unpaired) electrons. The minimum absolute atomic E-state index is 0.292. The van der Waals surface area contributed by atoms with Gasteiger partial charge >= 0.3 is 6.09 Å². The number of carbonyl (C=O) groups excluding carboxylic acids is 2. The van der Waals surface area contributed by atoms with Crippen molar-refractivity contribution in [2.75, 3.05) is 0 Å². The van der Waals surface area contributed by atoms with Crippen LogP contribution in [0.3, 0.4) is 0 Å². The predicted molar refractivity (Wildman–Crippen MR) is 84.6 cm³/mol. The van der Waals surface area contributed by atoms with Gasteiger partial charge in [-0.25, -0.2) is 9.78 Å². The first-order valence-corrected chi connectivity index (χ1v) is 7.05. The molecule has 0 aromatic carbocycles. The van der Waals surface area contributed by atoms with Gasteiger partial charge < -0.3 is 10.1 Å². The minimum Gasteiger partial charge on any atom is -0.444 e. The number of alkyl carbamates (subject to hydrolysis) is 1. The third kappa shape index (κ3) is 5.95. The molecule has 1 aromatic heterocycles. The number of nitrogens with one attached hydrogen (secondary N) is 1. The maximum absolute atomic E-state index is 12.4. The summed E-state index contributed by atoms with van der Waals surface area (Å²) in [6.45, 7) is 11.0. The quantitative estimate of drug-likeness (QED) is 0.849. The van der Waals surface area contributed by atoms with Crippen molar-refractivity contribution in [1.29, 1.82) is 0 Å². The Morgan fingerprint density at radius 1 is 1.45 bits per heavy atom. The number of ether oxygens (including phenoxy) is 1. The van der Waals surface area contributed by atoms with Crippen molar-refractivity contribution in [2.24, 2.45) is 0 Å². The lowest BCUT2D eigenvalue weighted by molar-refractivity contribution is 0.0482. The van der Waals surface area contributed by atoms with E-state index < -0.39 is 17.7 Å². The maximum Gasteiger partial charge on any atom is 0.408 e. The number of nitrogens with zero attached hydrogens (tertiary/aromatic N) is 2. The highest BCUT2D eigenvalue weighted by Gasteiger charge is 2.25. The van der Waals surface area contributed by atoms with Crippen LogP contribution < -0.4 is 5.32 Å². The summed E-state index contributed by atoms with van der Waals surface area (Å²) >= 11 is 0. The standard InChI is InChI=1S/C16H23N3O3/c1-6-7-12(2)10-13(14(20)19-9-8-17-11-19)18-15(21)22-16(3,4)5/h6-9,11,13H,2,10H2,1,3-5H3,(H,18,21). The van der Waals surface area contributed by atoms with Gasteiger partial charge in [-0.05, 0) is 27.7 Å². The van der Waals surface area contributed by atoms with Gasteiger partial charge in [-0.3, -0.25) is 9.36 Å². The molecule has 0 fully saturated rings. The van der Waals surface area contributed by atoms with Crippen molar-refractivity contribution in [3.05, 3.63) is 43.0 Å². The van der Waals surface area contributed by atoms with E-state index in [1.54, 1.807) is 26.8 Å². The highest BCUT2D eigenvalue weighted by atomic mass is 16.6. The van der Waals surface area contributed by atoms with Crippen molar-refractivity contribution in [1.82, 2.24) is 14.9 Å². The lowest BCUT2D eigenvalue weighted by atomic mass is 10.1. The first-order valence-electron chi connectivity index (χ1n) is 7.05. The molecule has 6 heteroatoms. The summed E-state index contributed by atoms with van der Waals surface area (Å²) in [5.41, 5.74) is 0.101. The zero-order valence-electron chi connectivity index (χ0n) is 13.5. The Balaban J connectivity index is 2.84. The van der Waals surface area contributed by atoms with Gasteiger partial charge in [-0.15, -0.1) is 0 Å². The van der Waals surface area contributed by atoms with Crippen LogP contribution in [0.2, 0.25) is 0 Å². The van der Waals surface area contributed by atoms with E-state index in [2.05, 4.69) is 16.9 Å². The number of amides is 1. The van der Waals surface area contributed by atoms with Crippen LogP contribution in [0.1, 0.15) is 38.9 Å². The smallest absolute Gasteiger partial charge is 0.408 e.